The third-order valence-corrected chi connectivity index (χ3v) is 3.98. The van der Waals surface area contributed by atoms with Crippen molar-refractivity contribution in [2.75, 3.05) is 20.8 Å². The molecule has 0 aromatic heterocycles. The highest BCUT2D eigenvalue weighted by atomic mass is 35.5. The Kier molecular flexibility index (Phi) is 8.72. The quantitative estimate of drug-likeness (QED) is 0.769. The first kappa shape index (κ1) is 21.3. The molecule has 2 aromatic carbocycles. The maximum absolute atomic E-state index is 12.4. The normalized spacial score (nSPS) is 12.6. The standard InChI is InChI=1S/C18H21ClN2O3.ClH/c1-23-11-15(20)18(22)21-17(12-7-3-5-9-14(12)19)13-8-4-6-10-16(13)24-2;/h3-10,15,17H,11,20H2,1-2H3,(H,21,22);1H. The van der Waals surface area contributed by atoms with Gasteiger partial charge in [-0.2, -0.15) is 0 Å². The van der Waals surface area contributed by atoms with Gasteiger partial charge in [-0.25, -0.2) is 0 Å². The molecule has 3 N–H and O–H groups in total. The first-order chi connectivity index (χ1) is 11.6. The Balaban J connectivity index is 0.00000312. The van der Waals surface area contributed by atoms with Crippen LogP contribution in [0, 0.1) is 0 Å². The Morgan fingerprint density at radius 1 is 1.12 bits per heavy atom. The molecule has 25 heavy (non-hydrogen) atoms. The number of ether oxygens (including phenoxy) is 2. The molecule has 2 unspecified atom stereocenters. The lowest BCUT2D eigenvalue weighted by atomic mass is 9.97. The van der Waals surface area contributed by atoms with Crippen molar-refractivity contribution in [1.29, 1.82) is 0 Å². The predicted octanol–water partition coefficient (Wildman–Crippen LogP) is 2.95. The summed E-state index contributed by atoms with van der Waals surface area (Å²) < 4.78 is 10.4. The summed E-state index contributed by atoms with van der Waals surface area (Å²) >= 11 is 6.34. The first-order valence-electron chi connectivity index (χ1n) is 7.50. The van der Waals surface area contributed by atoms with Crippen LogP contribution in [0.15, 0.2) is 48.5 Å². The summed E-state index contributed by atoms with van der Waals surface area (Å²) in [5.74, 6) is 0.329. The molecule has 0 aliphatic rings. The lowest BCUT2D eigenvalue weighted by molar-refractivity contribution is -0.123. The van der Waals surface area contributed by atoms with Crippen molar-refractivity contribution in [1.82, 2.24) is 5.32 Å². The van der Waals surface area contributed by atoms with E-state index in [9.17, 15) is 4.79 Å². The van der Waals surface area contributed by atoms with Gasteiger partial charge in [-0.1, -0.05) is 48.0 Å². The fourth-order valence-corrected chi connectivity index (χ4v) is 2.69. The second-order valence-electron chi connectivity index (χ2n) is 5.27. The highest BCUT2D eigenvalue weighted by molar-refractivity contribution is 6.31. The highest BCUT2D eigenvalue weighted by Crippen LogP contribution is 2.33. The molecule has 0 saturated carbocycles. The van der Waals surface area contributed by atoms with Gasteiger partial charge in [0.05, 0.1) is 19.8 Å². The number of carbonyl (C=O) groups is 1. The van der Waals surface area contributed by atoms with Crippen LogP contribution in [0.25, 0.3) is 0 Å². The molecule has 0 saturated heterocycles. The molecule has 2 rings (SSSR count). The van der Waals surface area contributed by atoms with Gasteiger partial charge in [-0.05, 0) is 17.7 Å². The van der Waals surface area contributed by atoms with Crippen molar-refractivity contribution in [2.24, 2.45) is 5.73 Å². The van der Waals surface area contributed by atoms with Crippen LogP contribution in [0.2, 0.25) is 5.02 Å². The van der Waals surface area contributed by atoms with E-state index in [-0.39, 0.29) is 24.9 Å². The summed E-state index contributed by atoms with van der Waals surface area (Å²) in [5, 5.41) is 3.49. The van der Waals surface area contributed by atoms with Crippen LogP contribution in [0.1, 0.15) is 17.2 Å². The molecule has 7 heteroatoms. The number of hydrogen-bond acceptors (Lipinski definition) is 4. The third kappa shape index (κ3) is 5.34. The van der Waals surface area contributed by atoms with Crippen molar-refractivity contribution in [3.8, 4) is 5.75 Å². The van der Waals surface area contributed by atoms with Crippen LogP contribution in [-0.2, 0) is 9.53 Å². The van der Waals surface area contributed by atoms with Crippen LogP contribution >= 0.6 is 24.0 Å². The maximum atomic E-state index is 12.4. The summed E-state index contributed by atoms with van der Waals surface area (Å²) in [5.41, 5.74) is 7.40. The topological polar surface area (TPSA) is 73.6 Å². The molecule has 0 bridgehead atoms. The molecular formula is C18H22Cl2N2O3. The van der Waals surface area contributed by atoms with Gasteiger partial charge in [0.15, 0.2) is 0 Å². The van der Waals surface area contributed by atoms with Crippen molar-refractivity contribution in [3.05, 3.63) is 64.7 Å². The van der Waals surface area contributed by atoms with Gasteiger partial charge in [-0.3, -0.25) is 4.79 Å². The molecule has 2 aromatic rings. The predicted molar refractivity (Wildman–Crippen MR) is 102 cm³/mol. The molecule has 0 aliphatic carbocycles. The van der Waals surface area contributed by atoms with E-state index in [2.05, 4.69) is 5.32 Å². The van der Waals surface area contributed by atoms with Crippen LogP contribution < -0.4 is 15.8 Å². The zero-order valence-electron chi connectivity index (χ0n) is 14.1. The second-order valence-corrected chi connectivity index (χ2v) is 5.67. The number of nitrogens with one attached hydrogen (secondary N) is 1. The van der Waals surface area contributed by atoms with Crippen LogP contribution in [-0.4, -0.2) is 32.8 Å². The summed E-state index contributed by atoms with van der Waals surface area (Å²) in [6.07, 6.45) is 0. The van der Waals surface area contributed by atoms with Gasteiger partial charge in [0.1, 0.15) is 11.8 Å². The van der Waals surface area contributed by atoms with E-state index in [1.165, 1.54) is 7.11 Å². The largest absolute Gasteiger partial charge is 0.496 e. The lowest BCUT2D eigenvalue weighted by Crippen LogP contribution is -2.45. The van der Waals surface area contributed by atoms with Crippen molar-refractivity contribution in [2.45, 2.75) is 12.1 Å². The summed E-state index contributed by atoms with van der Waals surface area (Å²) in [6.45, 7) is 0.132. The third-order valence-electron chi connectivity index (χ3n) is 3.64. The van der Waals surface area contributed by atoms with Crippen LogP contribution in [0.3, 0.4) is 0 Å². The van der Waals surface area contributed by atoms with Gasteiger partial charge in [0.2, 0.25) is 5.91 Å². The van der Waals surface area contributed by atoms with E-state index in [0.717, 1.165) is 11.1 Å². The molecule has 1 amide bonds. The molecular weight excluding hydrogens is 363 g/mol. The minimum Gasteiger partial charge on any atom is -0.496 e. The zero-order valence-corrected chi connectivity index (χ0v) is 15.6. The van der Waals surface area contributed by atoms with Gasteiger partial charge in [0.25, 0.3) is 0 Å². The number of amides is 1. The van der Waals surface area contributed by atoms with Crippen molar-refractivity contribution < 1.29 is 14.3 Å². The Morgan fingerprint density at radius 3 is 2.32 bits per heavy atom. The minimum absolute atomic E-state index is 0. The van der Waals surface area contributed by atoms with Gasteiger partial charge < -0.3 is 20.5 Å². The minimum atomic E-state index is -0.769. The SMILES string of the molecule is COCC(N)C(=O)NC(c1ccccc1Cl)c1ccccc1OC.Cl. The monoisotopic (exact) mass is 384 g/mol. The van der Waals surface area contributed by atoms with Crippen molar-refractivity contribution >= 4 is 29.9 Å². The average Bonchev–Trinajstić information content (AvgIpc) is 2.60. The molecule has 5 nitrogen and oxygen atoms in total. The highest BCUT2D eigenvalue weighted by Gasteiger charge is 2.24. The molecule has 0 heterocycles. The molecule has 0 radical (unpaired) electrons. The Labute approximate surface area is 158 Å². The zero-order chi connectivity index (χ0) is 17.5. The maximum Gasteiger partial charge on any atom is 0.240 e. The summed E-state index contributed by atoms with van der Waals surface area (Å²) in [6, 6.07) is 13.6. The van der Waals surface area contributed by atoms with E-state index in [1.807, 2.05) is 42.5 Å². The number of hydrogen-bond donors (Lipinski definition) is 2. The van der Waals surface area contributed by atoms with Gasteiger partial charge in [-0.15, -0.1) is 12.4 Å². The van der Waals surface area contributed by atoms with Crippen molar-refractivity contribution in [3.63, 3.8) is 0 Å². The number of rotatable bonds is 7. The van der Waals surface area contributed by atoms with E-state index in [4.69, 9.17) is 26.8 Å². The fourth-order valence-electron chi connectivity index (χ4n) is 2.44. The van der Waals surface area contributed by atoms with Crippen LogP contribution in [0.5, 0.6) is 5.75 Å². The van der Waals surface area contributed by atoms with E-state index < -0.39 is 12.1 Å². The molecule has 0 aliphatic heterocycles. The Morgan fingerprint density at radius 2 is 1.72 bits per heavy atom. The van der Waals surface area contributed by atoms with E-state index in [0.29, 0.717) is 10.8 Å². The van der Waals surface area contributed by atoms with Crippen LogP contribution in [0.4, 0.5) is 0 Å². The summed E-state index contributed by atoms with van der Waals surface area (Å²) in [7, 11) is 3.08. The molecule has 0 fully saturated rings. The first-order valence-corrected chi connectivity index (χ1v) is 7.88. The number of para-hydroxylation sites is 1. The Hall–Kier alpha value is -1.79. The molecule has 136 valence electrons. The average molecular weight is 385 g/mol. The number of halogens is 2. The van der Waals surface area contributed by atoms with Gasteiger partial charge >= 0.3 is 0 Å². The number of benzene rings is 2. The summed E-state index contributed by atoms with van der Waals surface area (Å²) in [4.78, 5) is 12.4. The second kappa shape index (κ2) is 10.3. The van der Waals surface area contributed by atoms with E-state index in [1.54, 1.807) is 13.2 Å². The Bertz CT molecular complexity index is 698. The lowest BCUT2D eigenvalue weighted by Gasteiger charge is -2.24. The molecule has 2 atom stereocenters. The molecule has 0 spiro atoms. The smallest absolute Gasteiger partial charge is 0.240 e. The van der Waals surface area contributed by atoms with Gasteiger partial charge in [0, 0.05) is 17.7 Å². The fraction of sp³-hybridized carbons (Fsp3) is 0.278. The number of carbonyl (C=O) groups excluding carboxylic acids is 1. The number of methoxy groups -OCH3 is 2. The number of nitrogens with two attached hydrogens (primary N) is 1. The van der Waals surface area contributed by atoms with E-state index >= 15 is 0 Å².